The van der Waals surface area contributed by atoms with Gasteiger partial charge in [0.15, 0.2) is 0 Å². The van der Waals surface area contributed by atoms with E-state index in [0.29, 0.717) is 24.2 Å². The van der Waals surface area contributed by atoms with Crippen LogP contribution in [0, 0.1) is 0 Å². The molecule has 6 heteroatoms. The highest BCUT2D eigenvalue weighted by Crippen LogP contribution is 1.97. The van der Waals surface area contributed by atoms with E-state index in [0.717, 1.165) is 39.0 Å². The molecule has 0 aliphatic carbocycles. The first-order valence-electron chi connectivity index (χ1n) is 7.30. The molecular formula is C14H28INO4. The van der Waals surface area contributed by atoms with Gasteiger partial charge in [-0.2, -0.15) is 0 Å². The predicted octanol–water partition coefficient (Wildman–Crippen LogP) is 2.17. The molecule has 0 saturated heterocycles. The summed E-state index contributed by atoms with van der Waals surface area (Å²) in [6.45, 7) is 8.23. The van der Waals surface area contributed by atoms with E-state index < -0.39 is 0 Å². The van der Waals surface area contributed by atoms with Crippen molar-refractivity contribution in [3.8, 4) is 0 Å². The Morgan fingerprint density at radius 2 is 1.85 bits per heavy atom. The molecule has 20 heavy (non-hydrogen) atoms. The smallest absolute Gasteiger partial charge is 0.229 e. The lowest BCUT2D eigenvalue weighted by atomic mass is 10.3. The van der Waals surface area contributed by atoms with Gasteiger partial charge in [0, 0.05) is 26.4 Å². The van der Waals surface area contributed by atoms with Gasteiger partial charge in [-0.3, -0.25) is 4.79 Å². The fraction of sp³-hybridized carbons (Fsp3) is 0.929. The molecule has 0 rings (SSSR count). The Balaban J connectivity index is 3.08. The largest absolute Gasteiger partial charge is 0.379 e. The maximum atomic E-state index is 11.0. The fourth-order valence-electron chi connectivity index (χ4n) is 1.54. The summed E-state index contributed by atoms with van der Waals surface area (Å²) in [5.41, 5.74) is 0. The number of alkyl halides is 1. The highest BCUT2D eigenvalue weighted by atomic mass is 127. The number of rotatable bonds is 14. The average Bonchev–Trinajstić information content (AvgIpc) is 2.44. The Bertz CT molecular complexity index is 229. The number of hydrogen-bond acceptors (Lipinski definition) is 4. The van der Waals surface area contributed by atoms with Crippen LogP contribution in [-0.2, 0) is 19.0 Å². The molecule has 0 heterocycles. The lowest BCUT2D eigenvalue weighted by molar-refractivity contribution is -0.118. The number of unbranched alkanes of at least 4 members (excludes halogenated alkanes) is 1. The summed E-state index contributed by atoms with van der Waals surface area (Å²) >= 11 is 2.05. The number of hydrogen-bond donors (Lipinski definition) is 1. The van der Waals surface area contributed by atoms with Crippen molar-refractivity contribution in [2.75, 3.05) is 44.0 Å². The molecule has 0 saturated carbocycles. The third-order valence-corrected chi connectivity index (χ3v) is 3.34. The molecule has 0 aliphatic rings. The molecule has 0 fully saturated rings. The van der Waals surface area contributed by atoms with Crippen LogP contribution in [-0.4, -0.2) is 56.0 Å². The minimum absolute atomic E-state index is 0.0983. The van der Waals surface area contributed by atoms with Gasteiger partial charge in [0.1, 0.15) is 0 Å². The summed E-state index contributed by atoms with van der Waals surface area (Å²) in [5, 5.41) is 2.83. The van der Waals surface area contributed by atoms with E-state index in [1.807, 2.05) is 6.92 Å². The van der Waals surface area contributed by atoms with Crippen molar-refractivity contribution in [2.24, 2.45) is 0 Å². The highest BCUT2D eigenvalue weighted by Gasteiger charge is 2.00. The van der Waals surface area contributed by atoms with Crippen LogP contribution in [0.2, 0.25) is 0 Å². The molecule has 0 bridgehead atoms. The topological polar surface area (TPSA) is 56.8 Å². The minimum atomic E-state index is 0.0983. The van der Waals surface area contributed by atoms with E-state index in [-0.39, 0.29) is 12.0 Å². The number of amides is 1. The first-order valence-corrected chi connectivity index (χ1v) is 8.83. The molecule has 1 amide bonds. The monoisotopic (exact) mass is 401 g/mol. The zero-order chi connectivity index (χ0) is 15.1. The van der Waals surface area contributed by atoms with Crippen LogP contribution in [0.25, 0.3) is 0 Å². The van der Waals surface area contributed by atoms with Crippen molar-refractivity contribution in [3.63, 3.8) is 0 Å². The van der Waals surface area contributed by atoms with Crippen molar-refractivity contribution in [1.29, 1.82) is 0 Å². The van der Waals surface area contributed by atoms with Crippen molar-refractivity contribution in [1.82, 2.24) is 5.32 Å². The summed E-state index contributed by atoms with van der Waals surface area (Å²) in [7, 11) is 0. The third kappa shape index (κ3) is 14.5. The first-order chi connectivity index (χ1) is 9.70. The summed E-state index contributed by atoms with van der Waals surface area (Å²) in [6, 6.07) is 0. The highest BCUT2D eigenvalue weighted by molar-refractivity contribution is 14.1. The zero-order valence-corrected chi connectivity index (χ0v) is 14.8. The van der Waals surface area contributed by atoms with Gasteiger partial charge in [0.25, 0.3) is 0 Å². The van der Waals surface area contributed by atoms with Crippen LogP contribution in [0.15, 0.2) is 0 Å². The van der Waals surface area contributed by atoms with Gasteiger partial charge in [-0.05, 0) is 33.1 Å². The summed E-state index contributed by atoms with van der Waals surface area (Å²) in [4.78, 5) is 11.0. The molecule has 120 valence electrons. The standard InChI is InChI=1S/C14H28INO4/c1-3-20-13(2)6-9-19-11-10-18-8-5-4-7-16-14(17)12-15/h13H,3-12H2,1-2H3,(H,16,17). The quantitative estimate of drug-likeness (QED) is 0.275. The third-order valence-electron chi connectivity index (χ3n) is 2.65. The summed E-state index contributed by atoms with van der Waals surface area (Å²) in [5.74, 6) is 0.0983. The number of nitrogens with one attached hydrogen (secondary N) is 1. The van der Waals surface area contributed by atoms with Gasteiger partial charge in [-0.1, -0.05) is 22.6 Å². The molecular weight excluding hydrogens is 373 g/mol. The Kier molecular flexibility index (Phi) is 15.5. The van der Waals surface area contributed by atoms with Gasteiger partial charge in [0.2, 0.25) is 5.91 Å². The lowest BCUT2D eigenvalue weighted by Gasteiger charge is -2.11. The molecule has 0 aromatic rings. The van der Waals surface area contributed by atoms with Crippen LogP contribution in [0.1, 0.15) is 33.1 Å². The fourth-order valence-corrected chi connectivity index (χ4v) is 1.81. The van der Waals surface area contributed by atoms with Gasteiger partial charge in [0.05, 0.1) is 23.7 Å². The van der Waals surface area contributed by atoms with Gasteiger partial charge >= 0.3 is 0 Å². The molecule has 1 unspecified atom stereocenters. The van der Waals surface area contributed by atoms with Crippen LogP contribution in [0.5, 0.6) is 0 Å². The molecule has 0 aromatic heterocycles. The van der Waals surface area contributed by atoms with E-state index in [2.05, 4.69) is 34.8 Å². The normalized spacial score (nSPS) is 12.3. The number of carbonyl (C=O) groups excluding carboxylic acids is 1. The van der Waals surface area contributed by atoms with Crippen molar-refractivity contribution in [2.45, 2.75) is 39.2 Å². The van der Waals surface area contributed by atoms with E-state index in [1.54, 1.807) is 0 Å². The lowest BCUT2D eigenvalue weighted by Crippen LogP contribution is -2.25. The second kappa shape index (κ2) is 15.5. The second-order valence-electron chi connectivity index (χ2n) is 4.47. The predicted molar refractivity (Wildman–Crippen MR) is 88.5 cm³/mol. The second-order valence-corrected chi connectivity index (χ2v) is 5.23. The van der Waals surface area contributed by atoms with Gasteiger partial charge < -0.3 is 19.5 Å². The minimum Gasteiger partial charge on any atom is -0.379 e. The molecule has 0 aromatic carbocycles. The number of halogens is 1. The molecule has 0 radical (unpaired) electrons. The molecule has 5 nitrogen and oxygen atoms in total. The molecule has 0 aliphatic heterocycles. The van der Waals surface area contributed by atoms with Crippen LogP contribution in [0.4, 0.5) is 0 Å². The Hall–Kier alpha value is 0.0800. The maximum absolute atomic E-state index is 11.0. The van der Waals surface area contributed by atoms with Gasteiger partial charge in [-0.25, -0.2) is 0 Å². The first kappa shape index (κ1) is 20.1. The zero-order valence-electron chi connectivity index (χ0n) is 12.7. The Labute approximate surface area is 136 Å². The Morgan fingerprint density at radius 1 is 1.15 bits per heavy atom. The van der Waals surface area contributed by atoms with E-state index in [9.17, 15) is 4.79 Å². The van der Waals surface area contributed by atoms with Gasteiger partial charge in [-0.15, -0.1) is 0 Å². The summed E-state index contributed by atoms with van der Waals surface area (Å²) < 4.78 is 16.8. The van der Waals surface area contributed by atoms with E-state index in [4.69, 9.17) is 14.2 Å². The number of carbonyl (C=O) groups is 1. The molecule has 1 atom stereocenters. The SMILES string of the molecule is CCOC(C)CCOCCOCCCCNC(=O)CI. The van der Waals surface area contributed by atoms with Crippen molar-refractivity contribution in [3.05, 3.63) is 0 Å². The van der Waals surface area contributed by atoms with Crippen LogP contribution < -0.4 is 5.32 Å². The Morgan fingerprint density at radius 3 is 2.50 bits per heavy atom. The average molecular weight is 401 g/mol. The van der Waals surface area contributed by atoms with Crippen molar-refractivity contribution < 1.29 is 19.0 Å². The van der Waals surface area contributed by atoms with Crippen LogP contribution in [0.3, 0.4) is 0 Å². The van der Waals surface area contributed by atoms with E-state index in [1.165, 1.54) is 0 Å². The number of ether oxygens (including phenoxy) is 3. The maximum Gasteiger partial charge on any atom is 0.229 e. The van der Waals surface area contributed by atoms with Crippen molar-refractivity contribution >= 4 is 28.5 Å². The van der Waals surface area contributed by atoms with Crippen LogP contribution >= 0.6 is 22.6 Å². The van der Waals surface area contributed by atoms with E-state index >= 15 is 0 Å². The molecule has 1 N–H and O–H groups in total. The molecule has 0 spiro atoms. The summed E-state index contributed by atoms with van der Waals surface area (Å²) in [6.07, 6.45) is 3.10.